The van der Waals surface area contributed by atoms with Crippen molar-refractivity contribution >= 4 is 115 Å². The standard InChI is InChI=1S/C26H28O2S8/c1-3-23(27)31-11-17-13-33-25(35-17)15-29-21-9-10-22(20-8-6-5-7-19(20)21)30-16-26-34-14-18(36-26)12-32-24(28)4-2/h3-10,17-18,25-26H,1-2,11-16H2. The maximum absolute atomic E-state index is 11.5. The molecule has 2 heterocycles. The van der Waals surface area contributed by atoms with Gasteiger partial charge >= 0.3 is 0 Å². The van der Waals surface area contributed by atoms with E-state index in [1.807, 2.05) is 70.6 Å². The van der Waals surface area contributed by atoms with E-state index in [0.29, 0.717) is 19.7 Å². The molecule has 0 N–H and O–H groups in total. The van der Waals surface area contributed by atoms with Crippen molar-refractivity contribution < 1.29 is 9.59 Å². The van der Waals surface area contributed by atoms with E-state index in [9.17, 15) is 9.59 Å². The Kier molecular flexibility index (Phi) is 12.4. The van der Waals surface area contributed by atoms with Crippen molar-refractivity contribution in [3.8, 4) is 0 Å². The summed E-state index contributed by atoms with van der Waals surface area (Å²) in [6.45, 7) is 7.12. The number of thioether (sulfide) groups is 8. The van der Waals surface area contributed by atoms with Crippen LogP contribution >= 0.6 is 94.1 Å². The highest BCUT2D eigenvalue weighted by molar-refractivity contribution is 8.23. The van der Waals surface area contributed by atoms with E-state index in [1.54, 1.807) is 0 Å². The van der Waals surface area contributed by atoms with Crippen molar-refractivity contribution in [1.29, 1.82) is 0 Å². The molecule has 2 fully saturated rings. The lowest BCUT2D eigenvalue weighted by atomic mass is 10.1. The predicted molar refractivity (Wildman–Crippen MR) is 176 cm³/mol. The molecule has 0 aromatic heterocycles. The molecule has 4 atom stereocenters. The second kappa shape index (κ2) is 15.2. The number of hydrogen-bond acceptors (Lipinski definition) is 10. The lowest BCUT2D eigenvalue weighted by molar-refractivity contribution is -0.107. The largest absolute Gasteiger partial charge is 0.282 e. The van der Waals surface area contributed by atoms with Gasteiger partial charge in [0.25, 0.3) is 0 Å². The lowest BCUT2D eigenvalue weighted by Gasteiger charge is -2.14. The summed E-state index contributed by atoms with van der Waals surface area (Å²) in [5.41, 5.74) is 0. The maximum Gasteiger partial charge on any atom is 0.211 e. The van der Waals surface area contributed by atoms with Crippen LogP contribution in [0.3, 0.4) is 0 Å². The summed E-state index contributed by atoms with van der Waals surface area (Å²) in [6.07, 6.45) is 2.82. The number of hydrogen-bond donors (Lipinski definition) is 0. The normalized spacial score (nSPS) is 23.7. The van der Waals surface area contributed by atoms with E-state index in [1.165, 1.54) is 56.2 Å². The van der Waals surface area contributed by atoms with Crippen LogP contribution in [0.1, 0.15) is 0 Å². The van der Waals surface area contributed by atoms with Gasteiger partial charge in [-0.1, -0.05) is 60.9 Å². The van der Waals surface area contributed by atoms with Crippen molar-refractivity contribution in [2.45, 2.75) is 29.5 Å². The minimum atomic E-state index is 0.0757. The Morgan fingerprint density at radius 3 is 1.61 bits per heavy atom. The number of fused-ring (bicyclic) bond motifs is 1. The molecule has 0 saturated carbocycles. The molecule has 4 rings (SSSR count). The van der Waals surface area contributed by atoms with Crippen molar-refractivity contribution in [2.24, 2.45) is 0 Å². The highest BCUT2D eigenvalue weighted by Crippen LogP contribution is 2.45. The first-order valence-corrected chi connectivity index (χ1v) is 19.4. The van der Waals surface area contributed by atoms with Crippen molar-refractivity contribution in [2.75, 3.05) is 34.5 Å². The van der Waals surface area contributed by atoms with Crippen molar-refractivity contribution in [3.63, 3.8) is 0 Å². The first-order chi connectivity index (χ1) is 17.6. The smallest absolute Gasteiger partial charge is 0.211 e. The van der Waals surface area contributed by atoms with Crippen molar-refractivity contribution in [3.05, 3.63) is 61.7 Å². The van der Waals surface area contributed by atoms with Crippen LogP contribution in [0.5, 0.6) is 0 Å². The van der Waals surface area contributed by atoms with Crippen LogP contribution in [0, 0.1) is 0 Å². The van der Waals surface area contributed by atoms with E-state index < -0.39 is 0 Å². The van der Waals surface area contributed by atoms with Gasteiger partial charge in [0.15, 0.2) is 0 Å². The average Bonchev–Trinajstić information content (AvgIpc) is 3.57. The fraction of sp³-hybridized carbons (Fsp3) is 0.385. The van der Waals surface area contributed by atoms with Crippen LogP contribution < -0.4 is 0 Å². The number of carbonyl (C=O) groups is 2. The van der Waals surface area contributed by atoms with E-state index in [0.717, 1.165) is 34.5 Å². The van der Waals surface area contributed by atoms with Crippen LogP contribution in [-0.4, -0.2) is 64.4 Å². The quantitative estimate of drug-likeness (QED) is 0.169. The Labute approximate surface area is 248 Å². The molecular weight excluding hydrogens is 601 g/mol. The molecule has 10 heteroatoms. The van der Waals surface area contributed by atoms with E-state index in [2.05, 4.69) is 49.6 Å². The summed E-state index contributed by atoms with van der Waals surface area (Å²) in [5.74, 6) is 6.14. The fourth-order valence-corrected chi connectivity index (χ4v) is 15.1. The van der Waals surface area contributed by atoms with Crippen LogP contribution in [-0.2, 0) is 9.59 Å². The molecular formula is C26H28O2S8. The number of benzene rings is 2. The second-order valence-corrected chi connectivity index (χ2v) is 18.2. The Morgan fingerprint density at radius 1 is 0.750 bits per heavy atom. The van der Waals surface area contributed by atoms with E-state index in [4.69, 9.17) is 0 Å². The summed E-state index contributed by atoms with van der Waals surface area (Å²) in [7, 11) is 0. The summed E-state index contributed by atoms with van der Waals surface area (Å²) >= 11 is 14.8. The van der Waals surface area contributed by atoms with Gasteiger partial charge in [-0.25, -0.2) is 0 Å². The van der Waals surface area contributed by atoms with E-state index >= 15 is 0 Å². The molecule has 2 saturated heterocycles. The first-order valence-electron chi connectivity index (χ1n) is 11.5. The Bertz CT molecular complexity index is 1010. The molecule has 0 aliphatic carbocycles. The molecule has 36 heavy (non-hydrogen) atoms. The van der Waals surface area contributed by atoms with Gasteiger partial charge in [0.05, 0.1) is 9.16 Å². The second-order valence-electron chi connectivity index (χ2n) is 7.94. The monoisotopic (exact) mass is 628 g/mol. The lowest BCUT2D eigenvalue weighted by Crippen LogP contribution is -2.07. The van der Waals surface area contributed by atoms with Gasteiger partial charge in [0, 0.05) is 54.8 Å². The SMILES string of the molecule is C=CC(=O)SCC1CSC(CSc2ccc(SCC3SCC(CSC(=O)C=C)S3)c3ccccc23)S1. The zero-order chi connectivity index (χ0) is 25.3. The zero-order valence-electron chi connectivity index (χ0n) is 19.7. The van der Waals surface area contributed by atoms with E-state index in [-0.39, 0.29) is 10.2 Å². The highest BCUT2D eigenvalue weighted by Gasteiger charge is 2.28. The molecule has 2 aliphatic heterocycles. The third-order valence-electron chi connectivity index (χ3n) is 5.37. The minimum absolute atomic E-state index is 0.0757. The number of carbonyl (C=O) groups excluding carboxylic acids is 2. The summed E-state index contributed by atoms with van der Waals surface area (Å²) in [6, 6.07) is 13.4. The fourth-order valence-electron chi connectivity index (χ4n) is 3.64. The average molecular weight is 629 g/mol. The summed E-state index contributed by atoms with van der Waals surface area (Å²) in [4.78, 5) is 25.7. The summed E-state index contributed by atoms with van der Waals surface area (Å²) < 4.78 is 1.13. The maximum atomic E-state index is 11.5. The van der Waals surface area contributed by atoms with Gasteiger partial charge in [-0.05, 0) is 35.1 Å². The summed E-state index contributed by atoms with van der Waals surface area (Å²) in [5, 5.41) is 3.91. The van der Waals surface area contributed by atoms with Gasteiger partial charge < -0.3 is 0 Å². The van der Waals surface area contributed by atoms with Gasteiger partial charge in [0.1, 0.15) is 0 Å². The molecule has 2 aliphatic rings. The van der Waals surface area contributed by atoms with Gasteiger partial charge in [-0.2, -0.15) is 0 Å². The number of rotatable bonds is 12. The van der Waals surface area contributed by atoms with Gasteiger partial charge in [-0.3, -0.25) is 9.59 Å². The predicted octanol–water partition coefficient (Wildman–Crippen LogP) is 8.27. The third kappa shape index (κ3) is 8.66. The molecule has 192 valence electrons. The highest BCUT2D eigenvalue weighted by atomic mass is 32.2. The molecule has 0 bridgehead atoms. The molecule has 2 nitrogen and oxygen atoms in total. The van der Waals surface area contributed by atoms with Crippen LogP contribution in [0.15, 0.2) is 71.5 Å². The van der Waals surface area contributed by atoms with Crippen LogP contribution in [0.4, 0.5) is 0 Å². The molecule has 2 aromatic rings. The van der Waals surface area contributed by atoms with Crippen LogP contribution in [0.2, 0.25) is 0 Å². The Morgan fingerprint density at radius 2 is 1.19 bits per heavy atom. The van der Waals surface area contributed by atoms with Gasteiger partial charge in [-0.15, -0.1) is 70.6 Å². The Balaban J connectivity index is 1.29. The zero-order valence-corrected chi connectivity index (χ0v) is 26.2. The Hall–Kier alpha value is 0.320. The minimum Gasteiger partial charge on any atom is -0.282 e. The molecule has 4 unspecified atom stereocenters. The van der Waals surface area contributed by atoms with Crippen LogP contribution in [0.25, 0.3) is 10.8 Å². The third-order valence-corrected chi connectivity index (χ3v) is 17.6. The molecule has 0 amide bonds. The molecule has 0 spiro atoms. The first kappa shape index (κ1) is 29.3. The van der Waals surface area contributed by atoms with Crippen molar-refractivity contribution in [1.82, 2.24) is 0 Å². The molecule has 2 aromatic carbocycles. The topological polar surface area (TPSA) is 34.1 Å². The molecule has 0 radical (unpaired) electrons. The van der Waals surface area contributed by atoms with Gasteiger partial charge in [0.2, 0.25) is 10.2 Å².